The third kappa shape index (κ3) is 4.34. The van der Waals surface area contributed by atoms with Crippen LogP contribution in [0.1, 0.15) is 53.7 Å². The maximum Gasteiger partial charge on any atom is 0.341 e. The third-order valence-electron chi connectivity index (χ3n) is 9.06. The number of aryl methyl sites for hydroxylation is 1. The molecule has 0 spiro atoms. The molecule has 0 radical (unpaired) electrons. The third-order valence-corrected chi connectivity index (χ3v) is 9.06. The van der Waals surface area contributed by atoms with Gasteiger partial charge in [0.25, 0.3) is 0 Å². The number of benzene rings is 1. The zero-order valence-corrected chi connectivity index (χ0v) is 23.2. The molecule has 2 N–H and O–H groups in total. The summed E-state index contributed by atoms with van der Waals surface area (Å²) in [5.74, 6) is -0.0978. The Bertz CT molecular complexity index is 1800. The lowest BCUT2D eigenvalue weighted by Crippen LogP contribution is -2.22. The Labute approximate surface area is 236 Å². The number of rotatable bonds is 7. The Hall–Kier alpha value is -4.27. The number of fused-ring (bicyclic) bond motifs is 4. The molecule has 2 aliphatic carbocycles. The van der Waals surface area contributed by atoms with Gasteiger partial charge in [0.1, 0.15) is 17.0 Å². The molecule has 1 unspecified atom stereocenters. The normalized spacial score (nSPS) is 17.6. The fraction of sp³-hybridized carbons (Fsp3) is 0.375. The van der Waals surface area contributed by atoms with Gasteiger partial charge in [0.2, 0.25) is 5.43 Å². The van der Waals surface area contributed by atoms with Crippen molar-refractivity contribution in [1.82, 2.24) is 14.5 Å². The molecule has 0 bridgehead atoms. The number of anilines is 2. The number of nitrogens with one attached hydrogen (secondary N) is 1. The first-order valence-electron chi connectivity index (χ1n) is 14.3. The summed E-state index contributed by atoms with van der Waals surface area (Å²) in [6, 6.07) is 4.86. The van der Waals surface area contributed by atoms with Crippen molar-refractivity contribution < 1.29 is 14.3 Å². The minimum Gasteiger partial charge on any atom is -0.477 e. The lowest BCUT2D eigenvalue weighted by molar-refractivity contribution is 0.0695. The molecule has 0 amide bonds. The average molecular weight is 554 g/mol. The Kier molecular flexibility index (Phi) is 6.06. The molecule has 1 aromatic carbocycles. The molecule has 1 aliphatic heterocycles. The molecule has 4 heterocycles. The highest BCUT2D eigenvalue weighted by atomic mass is 19.1. The number of hydrogen-bond acceptors (Lipinski definition) is 6. The highest BCUT2D eigenvalue weighted by molar-refractivity contribution is 5.98. The maximum absolute atomic E-state index is 14.9. The molecule has 210 valence electrons. The molecule has 9 heteroatoms. The predicted octanol–water partition coefficient (Wildman–Crippen LogP) is 5.46. The van der Waals surface area contributed by atoms with E-state index in [2.05, 4.69) is 15.2 Å². The van der Waals surface area contributed by atoms with Gasteiger partial charge in [0, 0.05) is 74.6 Å². The number of hydrogen-bond donors (Lipinski definition) is 2. The summed E-state index contributed by atoms with van der Waals surface area (Å²) >= 11 is 0. The van der Waals surface area contributed by atoms with E-state index in [0.717, 1.165) is 64.8 Å². The van der Waals surface area contributed by atoms with Gasteiger partial charge in [-0.05, 0) is 54.0 Å². The lowest BCUT2D eigenvalue weighted by Gasteiger charge is -2.26. The summed E-state index contributed by atoms with van der Waals surface area (Å²) in [6.45, 7) is 1.79. The summed E-state index contributed by atoms with van der Waals surface area (Å²) in [5, 5.41) is 13.0. The van der Waals surface area contributed by atoms with E-state index in [-0.39, 0.29) is 16.8 Å². The number of nitrogens with zero attached hydrogens (tertiary/aromatic N) is 4. The highest BCUT2D eigenvalue weighted by Crippen LogP contribution is 2.50. The molecule has 41 heavy (non-hydrogen) atoms. The van der Waals surface area contributed by atoms with Gasteiger partial charge in [0.05, 0.1) is 16.8 Å². The van der Waals surface area contributed by atoms with Crippen LogP contribution >= 0.6 is 0 Å². The van der Waals surface area contributed by atoms with Gasteiger partial charge < -0.3 is 19.9 Å². The van der Waals surface area contributed by atoms with Crippen LogP contribution in [0.25, 0.3) is 33.3 Å². The summed E-state index contributed by atoms with van der Waals surface area (Å²) < 4.78 is 16.4. The first kappa shape index (κ1) is 25.7. The van der Waals surface area contributed by atoms with Crippen LogP contribution in [0.15, 0.2) is 41.6 Å². The van der Waals surface area contributed by atoms with Crippen molar-refractivity contribution in [3.05, 3.63) is 69.7 Å². The first-order chi connectivity index (χ1) is 19.8. The Morgan fingerprint density at radius 1 is 1.10 bits per heavy atom. The molecule has 2 fully saturated rings. The number of carbonyl (C=O) groups is 1. The highest BCUT2D eigenvalue weighted by Gasteiger charge is 2.34. The van der Waals surface area contributed by atoms with E-state index in [1.54, 1.807) is 37.0 Å². The monoisotopic (exact) mass is 553 g/mol. The first-order valence-corrected chi connectivity index (χ1v) is 14.3. The Morgan fingerprint density at radius 3 is 2.66 bits per heavy atom. The fourth-order valence-electron chi connectivity index (χ4n) is 6.75. The molecular formula is C32H32FN5O3. The average Bonchev–Trinajstić information content (AvgIpc) is 3.55. The van der Waals surface area contributed by atoms with Gasteiger partial charge in [0.15, 0.2) is 0 Å². The summed E-state index contributed by atoms with van der Waals surface area (Å²) in [5.41, 5.74) is 6.49. The van der Waals surface area contributed by atoms with Crippen molar-refractivity contribution in [1.29, 1.82) is 0 Å². The van der Waals surface area contributed by atoms with Crippen molar-refractivity contribution in [3.63, 3.8) is 0 Å². The number of aromatic nitrogens is 3. The van der Waals surface area contributed by atoms with Crippen LogP contribution in [0.2, 0.25) is 0 Å². The van der Waals surface area contributed by atoms with Crippen molar-refractivity contribution in [2.45, 2.75) is 38.5 Å². The predicted molar refractivity (Wildman–Crippen MR) is 157 cm³/mol. The van der Waals surface area contributed by atoms with Crippen molar-refractivity contribution >= 4 is 28.4 Å². The molecule has 1 saturated heterocycles. The molecular weight excluding hydrogens is 521 g/mol. The van der Waals surface area contributed by atoms with E-state index in [0.29, 0.717) is 23.5 Å². The van der Waals surface area contributed by atoms with Crippen molar-refractivity contribution in [2.75, 3.05) is 30.4 Å². The smallest absolute Gasteiger partial charge is 0.341 e. The van der Waals surface area contributed by atoms with Gasteiger partial charge in [-0.3, -0.25) is 9.78 Å². The number of carboxylic acids is 1. The summed E-state index contributed by atoms with van der Waals surface area (Å²) in [6.07, 6.45) is 11.8. The largest absolute Gasteiger partial charge is 0.477 e. The summed E-state index contributed by atoms with van der Waals surface area (Å²) in [7, 11) is 3.48. The second-order valence-corrected chi connectivity index (χ2v) is 11.8. The molecule has 1 atom stereocenters. The van der Waals surface area contributed by atoms with Crippen LogP contribution < -0.4 is 15.6 Å². The Balaban J connectivity index is 1.41. The molecule has 7 rings (SSSR count). The number of carboxylic acid groups (broad SMARTS) is 1. The molecule has 1 saturated carbocycles. The van der Waals surface area contributed by atoms with Gasteiger partial charge in [-0.25, -0.2) is 14.2 Å². The van der Waals surface area contributed by atoms with Crippen LogP contribution in [0, 0.1) is 17.7 Å². The molecule has 3 aromatic heterocycles. The zero-order valence-electron chi connectivity index (χ0n) is 23.2. The van der Waals surface area contributed by atoms with E-state index in [9.17, 15) is 19.1 Å². The molecule has 4 aromatic rings. The van der Waals surface area contributed by atoms with Gasteiger partial charge in [-0.2, -0.15) is 0 Å². The Morgan fingerprint density at radius 2 is 1.90 bits per heavy atom. The van der Waals surface area contributed by atoms with Crippen LogP contribution in [0.4, 0.5) is 15.8 Å². The van der Waals surface area contributed by atoms with E-state index < -0.39 is 11.4 Å². The van der Waals surface area contributed by atoms with Crippen molar-refractivity contribution in [2.24, 2.45) is 18.9 Å². The van der Waals surface area contributed by atoms with Crippen molar-refractivity contribution in [3.8, 4) is 22.3 Å². The second-order valence-electron chi connectivity index (χ2n) is 11.8. The van der Waals surface area contributed by atoms with Crippen LogP contribution in [-0.2, 0) is 13.5 Å². The molecule has 3 aliphatic rings. The van der Waals surface area contributed by atoms with Gasteiger partial charge >= 0.3 is 5.97 Å². The number of halogens is 1. The lowest BCUT2D eigenvalue weighted by atomic mass is 9.97. The SMILES string of the molecule is CNc1cc(F)cc2c1Cc1ncc(-c3cnc4c(c3)c(=O)c(C(=O)O)cn4C)c(N3CCC(CCC4CC4)C3)c1-2. The van der Waals surface area contributed by atoms with Crippen LogP contribution in [-0.4, -0.2) is 45.7 Å². The van der Waals surface area contributed by atoms with E-state index in [1.165, 1.54) is 37.9 Å². The van der Waals surface area contributed by atoms with E-state index in [1.807, 2.05) is 6.20 Å². The quantitative estimate of drug-likeness (QED) is 0.276. The molecule has 8 nitrogen and oxygen atoms in total. The van der Waals surface area contributed by atoms with Gasteiger partial charge in [-0.1, -0.05) is 19.3 Å². The number of aromatic carboxylic acids is 1. The van der Waals surface area contributed by atoms with Crippen LogP contribution in [0.3, 0.4) is 0 Å². The minimum absolute atomic E-state index is 0.240. The van der Waals surface area contributed by atoms with Gasteiger partial charge in [-0.15, -0.1) is 0 Å². The fourth-order valence-corrected chi connectivity index (χ4v) is 6.75. The maximum atomic E-state index is 14.9. The minimum atomic E-state index is -1.27. The topological polar surface area (TPSA) is 100 Å². The van der Waals surface area contributed by atoms with Crippen LogP contribution in [0.5, 0.6) is 0 Å². The second kappa shape index (κ2) is 9.68. The number of pyridine rings is 3. The van der Waals surface area contributed by atoms with E-state index in [4.69, 9.17) is 4.98 Å². The van der Waals surface area contributed by atoms with E-state index >= 15 is 0 Å². The summed E-state index contributed by atoms with van der Waals surface area (Å²) in [4.78, 5) is 36.8. The standard InChI is InChI=1S/C32H32FN5O3/c1-34-26-11-20(33)10-22-21(26)12-27-28(22)29(38-8-7-18(15-38)6-5-17-3-4-17)24(14-35-27)19-9-23-30(39)25(32(40)41)16-37(2)31(23)36-13-19/h9-11,13-14,16-18,34H,3-8,12,15H2,1-2H3,(H,40,41). The zero-order chi connectivity index (χ0) is 28.4.